The van der Waals surface area contributed by atoms with E-state index in [4.69, 9.17) is 5.73 Å². The molecule has 0 aliphatic carbocycles. The summed E-state index contributed by atoms with van der Waals surface area (Å²) in [7, 11) is 0. The zero-order valence-electron chi connectivity index (χ0n) is 9.71. The van der Waals surface area contributed by atoms with E-state index in [1.165, 1.54) is 18.1 Å². The maximum atomic E-state index is 6.06. The highest BCUT2D eigenvalue weighted by molar-refractivity contribution is 7.99. The van der Waals surface area contributed by atoms with E-state index >= 15 is 0 Å². The van der Waals surface area contributed by atoms with Crippen molar-refractivity contribution in [1.82, 2.24) is 19.9 Å². The maximum Gasteiger partial charge on any atom is 0.181 e. The van der Waals surface area contributed by atoms with Gasteiger partial charge in [0, 0.05) is 10.6 Å². The normalized spacial score (nSPS) is 10.9. The number of rotatable bonds is 2. The van der Waals surface area contributed by atoms with Gasteiger partial charge in [0.1, 0.15) is 16.9 Å². The second kappa shape index (κ2) is 4.30. The Bertz CT molecular complexity index is 707. The fourth-order valence-electron chi connectivity index (χ4n) is 1.67. The van der Waals surface area contributed by atoms with Gasteiger partial charge in [-0.1, -0.05) is 23.9 Å². The van der Waals surface area contributed by atoms with E-state index < -0.39 is 0 Å². The van der Waals surface area contributed by atoms with Crippen LogP contribution in [0.15, 0.2) is 40.8 Å². The van der Waals surface area contributed by atoms with Gasteiger partial charge < -0.3 is 10.7 Å². The number of H-pyrrole nitrogens is 1. The Labute approximate surface area is 108 Å². The van der Waals surface area contributed by atoms with E-state index in [2.05, 4.69) is 19.9 Å². The fraction of sp³-hybridized carbons (Fsp3) is 0.0833. The number of nitrogens with two attached hydrogens (primary N) is 1. The fourth-order valence-corrected chi connectivity index (χ4v) is 2.65. The number of imidazole rings is 1. The van der Waals surface area contributed by atoms with Crippen LogP contribution in [0, 0.1) is 6.92 Å². The van der Waals surface area contributed by atoms with Gasteiger partial charge in [0.15, 0.2) is 5.65 Å². The van der Waals surface area contributed by atoms with Gasteiger partial charge in [-0.05, 0) is 18.6 Å². The Kier molecular flexibility index (Phi) is 2.64. The Balaban J connectivity index is 2.06. The molecular weight excluding hydrogens is 246 g/mol. The molecule has 0 radical (unpaired) electrons. The maximum absolute atomic E-state index is 6.06. The van der Waals surface area contributed by atoms with E-state index in [1.807, 2.05) is 25.1 Å². The molecule has 6 heteroatoms. The minimum atomic E-state index is 0.665. The van der Waals surface area contributed by atoms with Crippen molar-refractivity contribution < 1.29 is 0 Å². The largest absolute Gasteiger partial charge is 0.398 e. The van der Waals surface area contributed by atoms with Crippen LogP contribution in [0.5, 0.6) is 0 Å². The summed E-state index contributed by atoms with van der Waals surface area (Å²) in [5.74, 6) is 0. The third-order valence-electron chi connectivity index (χ3n) is 2.68. The van der Waals surface area contributed by atoms with Crippen molar-refractivity contribution in [1.29, 1.82) is 0 Å². The number of benzene rings is 1. The van der Waals surface area contributed by atoms with E-state index in [9.17, 15) is 0 Å². The molecule has 0 bridgehead atoms. The van der Waals surface area contributed by atoms with Gasteiger partial charge in [0.2, 0.25) is 0 Å². The Hall–Kier alpha value is -2.08. The van der Waals surface area contributed by atoms with Crippen LogP contribution in [-0.2, 0) is 0 Å². The highest BCUT2D eigenvalue weighted by atomic mass is 32.2. The molecule has 5 nitrogen and oxygen atoms in total. The monoisotopic (exact) mass is 257 g/mol. The van der Waals surface area contributed by atoms with Crippen LogP contribution in [0.2, 0.25) is 0 Å². The van der Waals surface area contributed by atoms with Gasteiger partial charge in [0.25, 0.3) is 0 Å². The lowest BCUT2D eigenvalue weighted by Gasteiger charge is -2.07. The first-order chi connectivity index (χ1) is 8.75. The van der Waals surface area contributed by atoms with Crippen molar-refractivity contribution in [2.75, 3.05) is 5.73 Å². The van der Waals surface area contributed by atoms with Crippen LogP contribution in [0.1, 0.15) is 5.56 Å². The predicted molar refractivity (Wildman–Crippen MR) is 71.4 cm³/mol. The average molecular weight is 257 g/mol. The van der Waals surface area contributed by atoms with Crippen molar-refractivity contribution in [2.24, 2.45) is 0 Å². The number of hydrogen-bond donors (Lipinski definition) is 2. The summed E-state index contributed by atoms with van der Waals surface area (Å²) >= 11 is 1.52. The number of anilines is 1. The number of aromatic nitrogens is 4. The van der Waals surface area contributed by atoms with Crippen LogP contribution >= 0.6 is 11.8 Å². The lowest BCUT2D eigenvalue weighted by atomic mass is 10.2. The number of nitrogens with one attached hydrogen (secondary N) is 1. The minimum Gasteiger partial charge on any atom is -0.398 e. The molecule has 3 aromatic rings. The lowest BCUT2D eigenvalue weighted by molar-refractivity contribution is 1.08. The molecule has 0 aliphatic heterocycles. The van der Waals surface area contributed by atoms with Crippen molar-refractivity contribution >= 4 is 28.6 Å². The number of nitrogen functional groups attached to an aromatic ring is 1. The molecule has 2 heterocycles. The second-order valence-corrected chi connectivity index (χ2v) is 4.90. The standard InChI is InChI=1S/C12H11N5S/c1-7-3-2-4-8(9(7)13)18-12-10-11(15-5-14-10)16-6-17-12/h2-6H,13H2,1H3,(H,14,15,16,17). The van der Waals surface area contributed by atoms with E-state index in [1.54, 1.807) is 6.33 Å². The summed E-state index contributed by atoms with van der Waals surface area (Å²) in [6, 6.07) is 5.96. The molecule has 3 rings (SSSR count). The van der Waals surface area contributed by atoms with Gasteiger partial charge in [-0.25, -0.2) is 15.0 Å². The zero-order chi connectivity index (χ0) is 12.5. The van der Waals surface area contributed by atoms with Crippen LogP contribution in [-0.4, -0.2) is 19.9 Å². The van der Waals surface area contributed by atoms with Crippen molar-refractivity contribution in [3.05, 3.63) is 36.4 Å². The Morgan fingerprint density at radius 1 is 1.22 bits per heavy atom. The predicted octanol–water partition coefficient (Wildman–Crippen LogP) is 2.39. The summed E-state index contributed by atoms with van der Waals surface area (Å²) in [6.45, 7) is 1.99. The number of nitrogens with zero attached hydrogens (tertiary/aromatic N) is 3. The summed E-state index contributed by atoms with van der Waals surface area (Å²) in [6.07, 6.45) is 3.13. The highest BCUT2D eigenvalue weighted by Gasteiger charge is 2.10. The van der Waals surface area contributed by atoms with Crippen molar-refractivity contribution in [2.45, 2.75) is 16.8 Å². The molecule has 0 fully saturated rings. The molecule has 2 aromatic heterocycles. The summed E-state index contributed by atoms with van der Waals surface area (Å²) in [4.78, 5) is 16.5. The topological polar surface area (TPSA) is 80.5 Å². The van der Waals surface area contributed by atoms with Gasteiger partial charge in [0.05, 0.1) is 6.33 Å². The molecule has 90 valence electrons. The molecule has 1 aromatic carbocycles. The van der Waals surface area contributed by atoms with Gasteiger partial charge in [-0.2, -0.15) is 0 Å². The smallest absolute Gasteiger partial charge is 0.181 e. The molecule has 0 amide bonds. The summed E-state index contributed by atoms with van der Waals surface area (Å²) in [5, 5.41) is 0.829. The van der Waals surface area contributed by atoms with Gasteiger partial charge >= 0.3 is 0 Å². The number of aromatic amines is 1. The molecular formula is C12H11N5S. The van der Waals surface area contributed by atoms with E-state index in [0.29, 0.717) is 5.65 Å². The summed E-state index contributed by atoms with van der Waals surface area (Å²) < 4.78 is 0. The highest BCUT2D eigenvalue weighted by Crippen LogP contribution is 2.34. The Morgan fingerprint density at radius 3 is 3.00 bits per heavy atom. The molecule has 0 saturated heterocycles. The van der Waals surface area contributed by atoms with Crippen molar-refractivity contribution in [3.8, 4) is 0 Å². The Morgan fingerprint density at radius 2 is 2.11 bits per heavy atom. The van der Waals surface area contributed by atoms with E-state index in [-0.39, 0.29) is 0 Å². The van der Waals surface area contributed by atoms with Gasteiger partial charge in [-0.15, -0.1) is 0 Å². The second-order valence-electron chi connectivity index (χ2n) is 3.87. The summed E-state index contributed by atoms with van der Waals surface area (Å²) in [5.41, 5.74) is 9.41. The van der Waals surface area contributed by atoms with Crippen LogP contribution in [0.25, 0.3) is 11.2 Å². The number of aryl methyl sites for hydroxylation is 1. The minimum absolute atomic E-state index is 0.665. The SMILES string of the molecule is Cc1cccc(Sc2ncnc3nc[nH]c23)c1N. The third kappa shape index (κ3) is 1.80. The first-order valence-corrected chi connectivity index (χ1v) is 6.24. The zero-order valence-corrected chi connectivity index (χ0v) is 10.5. The molecule has 0 spiro atoms. The molecule has 0 atom stereocenters. The molecule has 0 saturated carbocycles. The molecule has 0 unspecified atom stereocenters. The lowest BCUT2D eigenvalue weighted by Crippen LogP contribution is -1.93. The average Bonchev–Trinajstić information content (AvgIpc) is 2.84. The quantitative estimate of drug-likeness (QED) is 0.544. The van der Waals surface area contributed by atoms with Crippen LogP contribution in [0.3, 0.4) is 0 Å². The molecule has 18 heavy (non-hydrogen) atoms. The first kappa shape index (κ1) is 11.0. The van der Waals surface area contributed by atoms with Crippen LogP contribution in [0.4, 0.5) is 5.69 Å². The molecule has 3 N–H and O–H groups in total. The first-order valence-electron chi connectivity index (χ1n) is 5.43. The van der Waals surface area contributed by atoms with Crippen LogP contribution < -0.4 is 5.73 Å². The number of hydrogen-bond acceptors (Lipinski definition) is 5. The third-order valence-corrected chi connectivity index (χ3v) is 3.76. The van der Waals surface area contributed by atoms with E-state index in [0.717, 1.165) is 26.7 Å². The number of fused-ring (bicyclic) bond motifs is 1. The van der Waals surface area contributed by atoms with Gasteiger partial charge in [-0.3, -0.25) is 0 Å². The van der Waals surface area contributed by atoms with Crippen molar-refractivity contribution in [3.63, 3.8) is 0 Å². The molecule has 0 aliphatic rings. The number of para-hydroxylation sites is 1.